The quantitative estimate of drug-likeness (QED) is 0.631. The van der Waals surface area contributed by atoms with Gasteiger partial charge in [0.1, 0.15) is 0 Å². The van der Waals surface area contributed by atoms with E-state index in [1.165, 1.54) is 5.56 Å². The van der Waals surface area contributed by atoms with Crippen LogP contribution in [0.3, 0.4) is 0 Å². The van der Waals surface area contributed by atoms with Gasteiger partial charge in [-0.15, -0.1) is 42.8 Å². The normalized spacial score (nSPS) is 13.8. The van der Waals surface area contributed by atoms with E-state index in [9.17, 15) is 0 Å². The van der Waals surface area contributed by atoms with Crippen molar-refractivity contribution in [2.75, 3.05) is 0 Å². The van der Waals surface area contributed by atoms with Gasteiger partial charge in [0, 0.05) is 12.1 Å². The molecule has 0 amide bonds. The SMILES string of the molecule is C=C([CH-]c1ccccc1)N(C(C)CC)C(C)CC. The summed E-state index contributed by atoms with van der Waals surface area (Å²) in [5.74, 6) is 0. The zero-order valence-electron chi connectivity index (χ0n) is 12.2. The van der Waals surface area contributed by atoms with Crippen LogP contribution in [0.4, 0.5) is 0 Å². The van der Waals surface area contributed by atoms with Crippen molar-refractivity contribution in [3.63, 3.8) is 0 Å². The first-order valence-corrected chi connectivity index (χ1v) is 6.97. The maximum atomic E-state index is 4.26. The number of hydrogen-bond donors (Lipinski definition) is 0. The molecule has 1 rings (SSSR count). The number of hydrogen-bond acceptors (Lipinski definition) is 1. The van der Waals surface area contributed by atoms with Gasteiger partial charge in [-0.25, -0.2) is 0 Å². The lowest BCUT2D eigenvalue weighted by Gasteiger charge is -2.40. The van der Waals surface area contributed by atoms with E-state index >= 15 is 0 Å². The third-order valence-electron chi connectivity index (χ3n) is 3.60. The molecule has 2 atom stereocenters. The van der Waals surface area contributed by atoms with E-state index in [2.05, 4.69) is 69.9 Å². The van der Waals surface area contributed by atoms with Gasteiger partial charge < -0.3 is 4.90 Å². The predicted octanol–water partition coefficient (Wildman–Crippen LogP) is 4.65. The van der Waals surface area contributed by atoms with Crippen molar-refractivity contribution in [2.45, 2.75) is 52.6 Å². The van der Waals surface area contributed by atoms with Crippen molar-refractivity contribution < 1.29 is 0 Å². The Morgan fingerprint density at radius 3 is 2.06 bits per heavy atom. The Hall–Kier alpha value is -1.37. The van der Waals surface area contributed by atoms with E-state index in [-0.39, 0.29) is 0 Å². The van der Waals surface area contributed by atoms with Crippen molar-refractivity contribution in [1.82, 2.24) is 4.90 Å². The molecule has 0 N–H and O–H groups in total. The number of nitrogens with zero attached hydrogens (tertiary/aromatic N) is 1. The van der Waals surface area contributed by atoms with E-state index in [1.807, 2.05) is 6.07 Å². The van der Waals surface area contributed by atoms with Gasteiger partial charge in [-0.05, 0) is 26.7 Å². The lowest BCUT2D eigenvalue weighted by Crippen LogP contribution is -2.38. The molecular weight excluding hydrogens is 218 g/mol. The lowest BCUT2D eigenvalue weighted by atomic mass is 10.0. The predicted molar refractivity (Wildman–Crippen MR) is 80.3 cm³/mol. The summed E-state index contributed by atoms with van der Waals surface area (Å²) < 4.78 is 0. The number of benzene rings is 1. The van der Waals surface area contributed by atoms with Crippen LogP contribution in [0.2, 0.25) is 0 Å². The highest BCUT2D eigenvalue weighted by Crippen LogP contribution is 2.21. The molecule has 0 fully saturated rings. The second-order valence-corrected chi connectivity index (χ2v) is 4.97. The monoisotopic (exact) mass is 244 g/mol. The summed E-state index contributed by atoms with van der Waals surface area (Å²) >= 11 is 0. The zero-order valence-corrected chi connectivity index (χ0v) is 12.2. The molecular formula is C17H26N-. The molecule has 0 spiro atoms. The maximum absolute atomic E-state index is 4.26. The van der Waals surface area contributed by atoms with Crippen LogP contribution < -0.4 is 0 Å². The molecule has 0 aliphatic rings. The van der Waals surface area contributed by atoms with E-state index in [1.54, 1.807) is 0 Å². The van der Waals surface area contributed by atoms with Crippen LogP contribution in [-0.2, 0) is 0 Å². The van der Waals surface area contributed by atoms with Crippen LogP contribution >= 0.6 is 0 Å². The van der Waals surface area contributed by atoms with Gasteiger partial charge >= 0.3 is 0 Å². The molecule has 0 heterocycles. The minimum atomic E-state index is 0.535. The number of allylic oxidation sites excluding steroid dienone is 1. The van der Waals surface area contributed by atoms with E-state index in [0.29, 0.717) is 12.1 Å². The van der Waals surface area contributed by atoms with Crippen molar-refractivity contribution in [1.29, 1.82) is 0 Å². The molecule has 1 heteroatoms. The van der Waals surface area contributed by atoms with Gasteiger partial charge in [-0.3, -0.25) is 0 Å². The van der Waals surface area contributed by atoms with E-state index < -0.39 is 0 Å². The van der Waals surface area contributed by atoms with Crippen LogP contribution in [0.1, 0.15) is 46.1 Å². The first kappa shape index (κ1) is 14.7. The minimum Gasteiger partial charge on any atom is -0.383 e. The van der Waals surface area contributed by atoms with Crippen molar-refractivity contribution in [3.05, 3.63) is 54.6 Å². The van der Waals surface area contributed by atoms with Crippen LogP contribution in [0.15, 0.2) is 42.6 Å². The van der Waals surface area contributed by atoms with E-state index in [0.717, 1.165) is 18.5 Å². The molecule has 1 nitrogen and oxygen atoms in total. The van der Waals surface area contributed by atoms with Crippen molar-refractivity contribution >= 4 is 0 Å². The molecule has 0 aliphatic carbocycles. The smallest absolute Gasteiger partial charge is 0.0245 e. The highest BCUT2D eigenvalue weighted by atomic mass is 15.2. The van der Waals surface area contributed by atoms with Gasteiger partial charge in [0.05, 0.1) is 0 Å². The first-order chi connectivity index (χ1) is 8.60. The van der Waals surface area contributed by atoms with Crippen molar-refractivity contribution in [2.24, 2.45) is 0 Å². The van der Waals surface area contributed by atoms with Gasteiger partial charge in [0.15, 0.2) is 0 Å². The second-order valence-electron chi connectivity index (χ2n) is 4.97. The molecule has 0 aromatic heterocycles. The standard InChI is InChI=1S/C17H26N/c1-6-14(3)18(15(4)7-2)16(5)13-17-11-9-8-10-12-17/h8-15H,5-7H2,1-4H3/q-1. The molecule has 2 unspecified atom stereocenters. The van der Waals surface area contributed by atoms with Gasteiger partial charge in [-0.2, -0.15) is 0 Å². The number of rotatable bonds is 7. The van der Waals surface area contributed by atoms with Crippen LogP contribution in [-0.4, -0.2) is 17.0 Å². The van der Waals surface area contributed by atoms with Crippen molar-refractivity contribution in [3.8, 4) is 0 Å². The van der Waals surface area contributed by atoms with Crippen LogP contribution in [0.5, 0.6) is 0 Å². The molecule has 0 bridgehead atoms. The Kier molecular flexibility index (Phi) is 5.84. The molecule has 0 saturated heterocycles. The van der Waals surface area contributed by atoms with Crippen LogP contribution in [0.25, 0.3) is 0 Å². The molecule has 0 aliphatic heterocycles. The molecule has 100 valence electrons. The molecule has 1 aromatic carbocycles. The molecule has 1 aromatic rings. The summed E-state index contributed by atoms with van der Waals surface area (Å²) in [6, 6.07) is 11.5. The highest BCUT2D eigenvalue weighted by molar-refractivity contribution is 5.31. The summed E-state index contributed by atoms with van der Waals surface area (Å²) in [7, 11) is 0. The Bertz CT molecular complexity index is 345. The van der Waals surface area contributed by atoms with Crippen LogP contribution in [0, 0.1) is 6.42 Å². The first-order valence-electron chi connectivity index (χ1n) is 6.97. The Balaban J connectivity index is 2.77. The van der Waals surface area contributed by atoms with E-state index in [4.69, 9.17) is 0 Å². The summed E-state index contributed by atoms with van der Waals surface area (Å²) in [5, 5.41) is 0. The largest absolute Gasteiger partial charge is 0.383 e. The average Bonchev–Trinajstić information content (AvgIpc) is 2.39. The Morgan fingerprint density at radius 2 is 1.61 bits per heavy atom. The maximum Gasteiger partial charge on any atom is 0.0245 e. The summed E-state index contributed by atoms with van der Waals surface area (Å²) in [6.45, 7) is 13.3. The zero-order chi connectivity index (χ0) is 13.5. The molecule has 0 saturated carbocycles. The third kappa shape index (κ3) is 3.83. The topological polar surface area (TPSA) is 3.24 Å². The Morgan fingerprint density at radius 1 is 1.11 bits per heavy atom. The molecule has 0 radical (unpaired) electrons. The lowest BCUT2D eigenvalue weighted by molar-refractivity contribution is 0.201. The average molecular weight is 244 g/mol. The fraction of sp³-hybridized carbons (Fsp3) is 0.471. The fourth-order valence-corrected chi connectivity index (χ4v) is 2.21. The summed E-state index contributed by atoms with van der Waals surface area (Å²) in [5.41, 5.74) is 2.34. The van der Waals surface area contributed by atoms with Gasteiger partial charge in [-0.1, -0.05) is 25.6 Å². The second kappa shape index (κ2) is 7.15. The third-order valence-corrected chi connectivity index (χ3v) is 3.60. The highest BCUT2D eigenvalue weighted by Gasteiger charge is 2.16. The van der Waals surface area contributed by atoms with Gasteiger partial charge in [0.25, 0.3) is 0 Å². The fourth-order valence-electron chi connectivity index (χ4n) is 2.21. The minimum absolute atomic E-state index is 0.535. The summed E-state index contributed by atoms with van der Waals surface area (Å²) in [6.07, 6.45) is 4.47. The molecule has 18 heavy (non-hydrogen) atoms. The van der Waals surface area contributed by atoms with Gasteiger partial charge in [0.2, 0.25) is 0 Å². The summed E-state index contributed by atoms with van der Waals surface area (Å²) in [4.78, 5) is 2.44. The Labute approximate surface area is 113 Å².